The maximum Gasteiger partial charge on any atom is 0.164 e. The van der Waals surface area contributed by atoms with E-state index in [4.69, 9.17) is 15.0 Å². The van der Waals surface area contributed by atoms with Crippen molar-refractivity contribution in [2.24, 2.45) is 11.8 Å². The highest BCUT2D eigenvalue weighted by molar-refractivity contribution is 5.88. The molecule has 3 heteroatoms. The Bertz CT molecular complexity index is 2890. The fourth-order valence-corrected chi connectivity index (χ4v) is 8.94. The Hall–Kier alpha value is -7.49. The van der Waals surface area contributed by atoms with Crippen molar-refractivity contribution in [2.45, 2.75) is 6.92 Å². The van der Waals surface area contributed by atoms with Crippen LogP contribution in [0, 0.1) is 18.8 Å². The number of benzene rings is 6. The van der Waals surface area contributed by atoms with Crippen LogP contribution in [0.4, 0.5) is 0 Å². The van der Waals surface area contributed by atoms with Crippen molar-refractivity contribution in [3.8, 4) is 67.5 Å². The summed E-state index contributed by atoms with van der Waals surface area (Å²) >= 11 is 0. The van der Waals surface area contributed by atoms with Gasteiger partial charge < -0.3 is 0 Å². The summed E-state index contributed by atoms with van der Waals surface area (Å²) in [5.41, 5.74) is 18.8. The summed E-state index contributed by atoms with van der Waals surface area (Å²) in [4.78, 5) is 15.7. The molecule has 4 aliphatic carbocycles. The molecule has 1 aromatic heterocycles. The van der Waals surface area contributed by atoms with E-state index in [1.165, 1.54) is 44.6 Å². The van der Waals surface area contributed by atoms with E-state index < -0.39 is 0 Å². The standard InChI is InChI=1S/C56H39N3/c1-36-15-17-41(18-16-36)47-33-48(50-31-29-44-24-23-42-13-8-14-43-30-32-51(50)53(44)52(42)43)35-49(34-47)56-58-54(45-25-19-39(20-26-45)37-9-4-2-5-10-37)57-55(59-56)46-27-21-40(22-28-46)38-11-6-3-7-12-38/h2-35,52-53H,1H3. The lowest BCUT2D eigenvalue weighted by atomic mass is 9.63. The van der Waals surface area contributed by atoms with Crippen molar-refractivity contribution in [1.29, 1.82) is 0 Å². The lowest BCUT2D eigenvalue weighted by Gasteiger charge is -2.40. The molecule has 0 saturated heterocycles. The molecule has 0 spiro atoms. The molecule has 11 rings (SSSR count). The van der Waals surface area contributed by atoms with Crippen LogP contribution < -0.4 is 0 Å². The Morgan fingerprint density at radius 3 is 1.39 bits per heavy atom. The van der Waals surface area contributed by atoms with Crippen LogP contribution in [0.2, 0.25) is 0 Å². The van der Waals surface area contributed by atoms with E-state index in [-0.39, 0.29) is 5.92 Å². The molecule has 6 aromatic carbocycles. The van der Waals surface area contributed by atoms with Crippen LogP contribution in [-0.2, 0) is 0 Å². The van der Waals surface area contributed by atoms with Gasteiger partial charge in [0.15, 0.2) is 17.5 Å². The van der Waals surface area contributed by atoms with E-state index >= 15 is 0 Å². The number of allylic oxidation sites excluding steroid dienone is 14. The number of aromatic nitrogens is 3. The minimum atomic E-state index is 0.274. The number of hydrogen-bond acceptors (Lipinski definition) is 3. The molecule has 0 aliphatic heterocycles. The van der Waals surface area contributed by atoms with Crippen molar-refractivity contribution >= 4 is 5.57 Å². The molecule has 0 bridgehead atoms. The van der Waals surface area contributed by atoms with Crippen LogP contribution in [0.5, 0.6) is 0 Å². The maximum absolute atomic E-state index is 5.27. The minimum absolute atomic E-state index is 0.274. The SMILES string of the molecule is Cc1ccc(-c2cc(C3=C4C=CC5=CC=CC6=CC=C(C=C3)C4C56)cc(-c3nc(-c4ccc(-c5ccccc5)cc4)nc(-c4ccc(-c5ccccc5)cc4)n3)c2)cc1. The first kappa shape index (κ1) is 34.7. The van der Waals surface area contributed by atoms with Gasteiger partial charge in [0.25, 0.3) is 0 Å². The molecule has 0 fully saturated rings. The Morgan fingerprint density at radius 2 is 0.780 bits per heavy atom. The highest BCUT2D eigenvalue weighted by Crippen LogP contribution is 2.51. The van der Waals surface area contributed by atoms with Crippen molar-refractivity contribution in [1.82, 2.24) is 15.0 Å². The summed E-state index contributed by atoms with van der Waals surface area (Å²) in [6, 6.07) is 53.6. The second-order valence-corrected chi connectivity index (χ2v) is 15.7. The Kier molecular flexibility index (Phi) is 8.52. The molecule has 3 nitrogen and oxygen atoms in total. The third-order valence-corrected chi connectivity index (χ3v) is 12.0. The Labute approximate surface area is 345 Å². The smallest absolute Gasteiger partial charge is 0.164 e. The van der Waals surface area contributed by atoms with Crippen molar-refractivity contribution in [2.75, 3.05) is 0 Å². The van der Waals surface area contributed by atoms with Crippen LogP contribution in [0.25, 0.3) is 73.1 Å². The van der Waals surface area contributed by atoms with Crippen LogP contribution in [0.1, 0.15) is 11.1 Å². The molecule has 0 radical (unpaired) electrons. The summed E-state index contributed by atoms with van der Waals surface area (Å²) in [6.45, 7) is 2.13. The Balaban J connectivity index is 1.08. The van der Waals surface area contributed by atoms with Crippen molar-refractivity contribution in [3.05, 3.63) is 240 Å². The number of hydrogen-bond donors (Lipinski definition) is 0. The molecule has 0 saturated carbocycles. The second-order valence-electron chi connectivity index (χ2n) is 15.7. The van der Waals surface area contributed by atoms with Gasteiger partial charge in [-0.15, -0.1) is 0 Å². The molecule has 2 atom stereocenters. The highest BCUT2D eigenvalue weighted by Gasteiger charge is 2.38. The first-order chi connectivity index (χ1) is 29.1. The lowest BCUT2D eigenvalue weighted by Crippen LogP contribution is -2.29. The molecule has 2 unspecified atom stereocenters. The molecular formula is C56H39N3. The predicted molar refractivity (Wildman–Crippen MR) is 243 cm³/mol. The number of aryl methyl sites for hydroxylation is 1. The first-order valence-corrected chi connectivity index (χ1v) is 20.3. The average Bonchev–Trinajstić information content (AvgIpc) is 3.31. The van der Waals surface area contributed by atoms with Crippen LogP contribution in [-0.4, -0.2) is 15.0 Å². The highest BCUT2D eigenvalue weighted by atomic mass is 15.0. The monoisotopic (exact) mass is 753 g/mol. The molecule has 59 heavy (non-hydrogen) atoms. The van der Waals surface area contributed by atoms with Gasteiger partial charge in [-0.3, -0.25) is 0 Å². The first-order valence-electron chi connectivity index (χ1n) is 20.3. The minimum Gasteiger partial charge on any atom is -0.208 e. The van der Waals surface area contributed by atoms with Gasteiger partial charge in [-0.2, -0.15) is 0 Å². The van der Waals surface area contributed by atoms with E-state index in [9.17, 15) is 0 Å². The summed E-state index contributed by atoms with van der Waals surface area (Å²) in [5.74, 6) is 2.51. The normalized spacial score (nSPS) is 17.3. The largest absolute Gasteiger partial charge is 0.208 e. The lowest BCUT2D eigenvalue weighted by molar-refractivity contribution is 0.566. The van der Waals surface area contributed by atoms with Crippen LogP contribution in [0.3, 0.4) is 0 Å². The predicted octanol–water partition coefficient (Wildman–Crippen LogP) is 13.7. The summed E-state index contributed by atoms with van der Waals surface area (Å²) in [6.07, 6.45) is 20.6. The maximum atomic E-state index is 5.27. The molecule has 7 aromatic rings. The zero-order chi connectivity index (χ0) is 39.3. The van der Waals surface area contributed by atoms with Gasteiger partial charge in [0.05, 0.1) is 0 Å². The van der Waals surface area contributed by atoms with Gasteiger partial charge in [0.1, 0.15) is 0 Å². The Morgan fingerprint density at radius 1 is 0.339 bits per heavy atom. The molecule has 4 aliphatic rings. The van der Waals surface area contributed by atoms with Crippen molar-refractivity contribution < 1.29 is 0 Å². The average molecular weight is 754 g/mol. The van der Waals surface area contributed by atoms with E-state index in [2.05, 4.69) is 201 Å². The van der Waals surface area contributed by atoms with E-state index in [1.807, 2.05) is 12.1 Å². The van der Waals surface area contributed by atoms with Crippen molar-refractivity contribution in [3.63, 3.8) is 0 Å². The van der Waals surface area contributed by atoms with Crippen LogP contribution >= 0.6 is 0 Å². The molecule has 0 amide bonds. The number of rotatable bonds is 7. The summed E-state index contributed by atoms with van der Waals surface area (Å²) in [7, 11) is 0. The number of nitrogens with zero attached hydrogens (tertiary/aromatic N) is 3. The van der Waals surface area contributed by atoms with E-state index in [1.54, 1.807) is 0 Å². The van der Waals surface area contributed by atoms with Crippen LogP contribution in [0.15, 0.2) is 229 Å². The fourth-order valence-electron chi connectivity index (χ4n) is 8.94. The fraction of sp³-hybridized carbons (Fsp3) is 0.0536. The summed E-state index contributed by atoms with van der Waals surface area (Å²) in [5, 5.41) is 0. The zero-order valence-corrected chi connectivity index (χ0v) is 32.6. The molecule has 278 valence electrons. The second kappa shape index (κ2) is 14.5. The molecule has 0 N–H and O–H groups in total. The third kappa shape index (κ3) is 6.47. The van der Waals surface area contributed by atoms with Gasteiger partial charge in [0, 0.05) is 28.5 Å². The van der Waals surface area contributed by atoms with Gasteiger partial charge in [-0.05, 0) is 91.9 Å². The summed E-state index contributed by atoms with van der Waals surface area (Å²) < 4.78 is 0. The van der Waals surface area contributed by atoms with E-state index in [0.29, 0.717) is 23.4 Å². The quantitative estimate of drug-likeness (QED) is 0.163. The molecule has 1 heterocycles. The van der Waals surface area contributed by atoms with Gasteiger partial charge in [0.2, 0.25) is 0 Å². The third-order valence-electron chi connectivity index (χ3n) is 12.0. The zero-order valence-electron chi connectivity index (χ0n) is 32.6. The van der Waals surface area contributed by atoms with E-state index in [0.717, 1.165) is 44.5 Å². The van der Waals surface area contributed by atoms with Gasteiger partial charge in [-0.25, -0.2) is 15.0 Å². The van der Waals surface area contributed by atoms with Gasteiger partial charge >= 0.3 is 0 Å². The molecular weight excluding hydrogens is 715 g/mol. The van der Waals surface area contributed by atoms with Gasteiger partial charge in [-0.1, -0.05) is 194 Å². The topological polar surface area (TPSA) is 38.7 Å².